The molecular formula is C27H19N3O. The minimum absolute atomic E-state index is 0.249. The SMILES string of the molecule is N#C[C@H]1[C@H](c2ccccc2)[C@](C#N)(C(=O)c2ccccc2)[C@H]2C=Cc3ccccc3N12. The third-order valence-electron chi connectivity index (χ3n) is 6.43. The second-order valence-corrected chi connectivity index (χ2v) is 7.91. The third-order valence-corrected chi connectivity index (χ3v) is 6.43. The molecule has 148 valence electrons. The van der Waals surface area contributed by atoms with Crippen molar-refractivity contribution in [3.05, 3.63) is 108 Å². The predicted octanol–water partition coefficient (Wildman–Crippen LogP) is 4.97. The predicted molar refractivity (Wildman–Crippen MR) is 119 cm³/mol. The number of anilines is 1. The smallest absolute Gasteiger partial charge is 0.186 e. The quantitative estimate of drug-likeness (QED) is 0.581. The lowest BCUT2D eigenvalue weighted by atomic mass is 9.65. The van der Waals surface area contributed by atoms with E-state index in [-0.39, 0.29) is 5.78 Å². The molecular weight excluding hydrogens is 382 g/mol. The molecule has 4 heteroatoms. The molecule has 2 aliphatic rings. The van der Waals surface area contributed by atoms with E-state index in [1.165, 1.54) is 0 Å². The van der Waals surface area contributed by atoms with Crippen LogP contribution >= 0.6 is 0 Å². The Hall–Kier alpha value is -4.15. The van der Waals surface area contributed by atoms with E-state index in [2.05, 4.69) is 12.1 Å². The number of Topliss-reactive ketones (excluding diaryl/α,β-unsaturated/α-hetero) is 1. The van der Waals surface area contributed by atoms with Gasteiger partial charge >= 0.3 is 0 Å². The third kappa shape index (κ3) is 2.62. The Kier molecular flexibility index (Phi) is 4.42. The highest BCUT2D eigenvalue weighted by Gasteiger charge is 2.64. The van der Waals surface area contributed by atoms with Gasteiger partial charge in [0.2, 0.25) is 0 Å². The van der Waals surface area contributed by atoms with Gasteiger partial charge in [0.25, 0.3) is 0 Å². The molecule has 0 amide bonds. The number of hydrogen-bond donors (Lipinski definition) is 0. The summed E-state index contributed by atoms with van der Waals surface area (Å²) >= 11 is 0. The average molecular weight is 401 g/mol. The molecule has 5 rings (SSSR count). The summed E-state index contributed by atoms with van der Waals surface area (Å²) in [6, 6.07) is 29.9. The number of rotatable bonds is 3. The van der Waals surface area contributed by atoms with Gasteiger partial charge in [-0.15, -0.1) is 0 Å². The van der Waals surface area contributed by atoms with Crippen molar-refractivity contribution in [1.82, 2.24) is 0 Å². The van der Waals surface area contributed by atoms with Crippen molar-refractivity contribution in [1.29, 1.82) is 10.5 Å². The van der Waals surface area contributed by atoms with Crippen LogP contribution in [0.15, 0.2) is 91.0 Å². The Balaban J connectivity index is 1.80. The van der Waals surface area contributed by atoms with Crippen LogP contribution in [-0.4, -0.2) is 17.9 Å². The first-order chi connectivity index (χ1) is 15.2. The molecule has 0 spiro atoms. The fraction of sp³-hybridized carbons (Fsp3) is 0.148. The van der Waals surface area contributed by atoms with Gasteiger partial charge in [-0.2, -0.15) is 10.5 Å². The minimum atomic E-state index is -1.44. The van der Waals surface area contributed by atoms with Crippen LogP contribution in [-0.2, 0) is 0 Å². The zero-order valence-corrected chi connectivity index (χ0v) is 16.7. The van der Waals surface area contributed by atoms with Crippen LogP contribution in [0.2, 0.25) is 0 Å². The molecule has 2 heterocycles. The summed E-state index contributed by atoms with van der Waals surface area (Å²) in [4.78, 5) is 16.0. The van der Waals surface area contributed by atoms with Crippen LogP contribution in [0.4, 0.5) is 5.69 Å². The lowest BCUT2D eigenvalue weighted by molar-refractivity contribution is 0.0842. The van der Waals surface area contributed by atoms with Gasteiger partial charge in [-0.05, 0) is 17.2 Å². The summed E-state index contributed by atoms with van der Waals surface area (Å²) in [5, 5.41) is 20.9. The van der Waals surface area contributed by atoms with Gasteiger partial charge in [-0.3, -0.25) is 4.79 Å². The van der Waals surface area contributed by atoms with Crippen molar-refractivity contribution in [2.45, 2.75) is 18.0 Å². The molecule has 31 heavy (non-hydrogen) atoms. The maximum Gasteiger partial charge on any atom is 0.186 e. The molecule has 0 aromatic heterocycles. The van der Waals surface area contributed by atoms with Crippen molar-refractivity contribution in [3.8, 4) is 12.1 Å². The van der Waals surface area contributed by atoms with Crippen molar-refractivity contribution in [2.24, 2.45) is 5.41 Å². The molecule has 1 fully saturated rings. The number of benzene rings is 3. The molecule has 3 aromatic rings. The Labute approximate surface area is 181 Å². The number of carbonyl (C=O) groups excluding carboxylic acids is 1. The fourth-order valence-electron chi connectivity index (χ4n) is 5.12. The maximum absolute atomic E-state index is 14.0. The molecule has 0 unspecified atom stereocenters. The fourth-order valence-corrected chi connectivity index (χ4v) is 5.12. The number of fused-ring (bicyclic) bond motifs is 3. The Morgan fingerprint density at radius 1 is 0.871 bits per heavy atom. The van der Waals surface area contributed by atoms with E-state index in [4.69, 9.17) is 0 Å². The number of para-hydroxylation sites is 1. The number of nitrogens with zero attached hydrogens (tertiary/aromatic N) is 3. The van der Waals surface area contributed by atoms with E-state index in [1.807, 2.05) is 77.7 Å². The van der Waals surface area contributed by atoms with Crippen molar-refractivity contribution >= 4 is 17.5 Å². The first-order valence-corrected chi connectivity index (χ1v) is 10.2. The summed E-state index contributed by atoms with van der Waals surface area (Å²) in [6.07, 6.45) is 3.88. The van der Waals surface area contributed by atoms with Crippen LogP contribution in [0.5, 0.6) is 0 Å². The molecule has 0 bridgehead atoms. The van der Waals surface area contributed by atoms with Crippen LogP contribution in [0.3, 0.4) is 0 Å². The molecule has 4 atom stereocenters. The largest absolute Gasteiger partial charge is 0.346 e. The number of ketones is 1. The second kappa shape index (κ2) is 7.27. The zero-order valence-electron chi connectivity index (χ0n) is 16.7. The van der Waals surface area contributed by atoms with Gasteiger partial charge < -0.3 is 4.90 Å². The van der Waals surface area contributed by atoms with Gasteiger partial charge in [0.1, 0.15) is 6.04 Å². The summed E-state index contributed by atoms with van der Waals surface area (Å²) < 4.78 is 0. The summed E-state index contributed by atoms with van der Waals surface area (Å²) in [5.74, 6) is -0.849. The molecule has 0 N–H and O–H groups in total. The zero-order chi connectivity index (χ0) is 21.4. The Bertz CT molecular complexity index is 1250. The molecule has 0 radical (unpaired) electrons. The van der Waals surface area contributed by atoms with E-state index >= 15 is 0 Å². The molecule has 3 aromatic carbocycles. The molecule has 0 aliphatic carbocycles. The first kappa shape index (κ1) is 18.9. The van der Waals surface area contributed by atoms with Crippen LogP contribution < -0.4 is 4.90 Å². The molecule has 2 aliphatic heterocycles. The average Bonchev–Trinajstić information content (AvgIpc) is 3.15. The molecule has 1 saturated heterocycles. The maximum atomic E-state index is 14.0. The van der Waals surface area contributed by atoms with Gasteiger partial charge in [-0.1, -0.05) is 91.0 Å². The van der Waals surface area contributed by atoms with Gasteiger partial charge in [-0.25, -0.2) is 0 Å². The van der Waals surface area contributed by atoms with E-state index in [9.17, 15) is 15.3 Å². The van der Waals surface area contributed by atoms with Gasteiger partial charge in [0.05, 0.1) is 18.2 Å². The Morgan fingerprint density at radius 3 is 2.19 bits per heavy atom. The van der Waals surface area contributed by atoms with Gasteiger partial charge in [0, 0.05) is 17.2 Å². The summed E-state index contributed by atoms with van der Waals surface area (Å²) in [5.41, 5.74) is 1.72. The van der Waals surface area contributed by atoms with Crippen molar-refractivity contribution in [2.75, 3.05) is 4.90 Å². The summed E-state index contributed by atoms with van der Waals surface area (Å²) in [7, 11) is 0. The highest BCUT2D eigenvalue weighted by molar-refractivity contribution is 6.05. The highest BCUT2D eigenvalue weighted by Crippen LogP contribution is 2.56. The highest BCUT2D eigenvalue weighted by atomic mass is 16.1. The monoisotopic (exact) mass is 401 g/mol. The van der Waals surface area contributed by atoms with Crippen LogP contribution in [0, 0.1) is 28.1 Å². The summed E-state index contributed by atoms with van der Waals surface area (Å²) in [6.45, 7) is 0. The van der Waals surface area contributed by atoms with Gasteiger partial charge in [0.15, 0.2) is 11.2 Å². The standard InChI is InChI=1S/C27H19N3O/c28-17-23-25(20-10-3-1-4-11-20)27(18-29,26(31)21-12-5-2-6-13-21)24-16-15-19-9-7-8-14-22(19)30(23)24/h1-16,23-25H/t23-,24+,25-,27+/m0/s1. The molecule has 0 saturated carbocycles. The number of nitriles is 2. The minimum Gasteiger partial charge on any atom is -0.346 e. The number of carbonyl (C=O) groups is 1. The first-order valence-electron chi connectivity index (χ1n) is 10.2. The van der Waals surface area contributed by atoms with Crippen LogP contribution in [0.25, 0.3) is 6.08 Å². The van der Waals surface area contributed by atoms with E-state index < -0.39 is 23.4 Å². The van der Waals surface area contributed by atoms with E-state index in [0.717, 1.165) is 16.8 Å². The topological polar surface area (TPSA) is 67.9 Å². The normalized spacial score (nSPS) is 25.7. The molecule has 4 nitrogen and oxygen atoms in total. The lowest BCUT2D eigenvalue weighted by Crippen LogP contribution is -2.45. The van der Waals surface area contributed by atoms with Crippen molar-refractivity contribution in [3.63, 3.8) is 0 Å². The Morgan fingerprint density at radius 2 is 1.52 bits per heavy atom. The van der Waals surface area contributed by atoms with E-state index in [1.54, 1.807) is 24.3 Å². The van der Waals surface area contributed by atoms with E-state index in [0.29, 0.717) is 5.56 Å². The lowest BCUT2D eigenvalue weighted by Gasteiger charge is -2.35. The second-order valence-electron chi connectivity index (χ2n) is 7.91. The van der Waals surface area contributed by atoms with Crippen LogP contribution in [0.1, 0.15) is 27.4 Å². The van der Waals surface area contributed by atoms with Crippen molar-refractivity contribution < 1.29 is 4.79 Å². The number of hydrogen-bond acceptors (Lipinski definition) is 4.